The van der Waals surface area contributed by atoms with Crippen molar-refractivity contribution in [3.63, 3.8) is 0 Å². The number of benzene rings is 1. The highest BCUT2D eigenvalue weighted by Gasteiger charge is 2.29. The summed E-state index contributed by atoms with van der Waals surface area (Å²) in [6.45, 7) is 0.219. The third-order valence-corrected chi connectivity index (χ3v) is 4.83. The van der Waals surface area contributed by atoms with Crippen LogP contribution in [0, 0.1) is 11.8 Å². The molecule has 1 amide bonds. The van der Waals surface area contributed by atoms with Gasteiger partial charge in [0.25, 0.3) is 5.91 Å². The van der Waals surface area contributed by atoms with Crippen LogP contribution in [0.25, 0.3) is 0 Å². The molecule has 20 heavy (non-hydrogen) atoms. The lowest BCUT2D eigenvalue weighted by Gasteiger charge is -2.11. The van der Waals surface area contributed by atoms with E-state index in [2.05, 4.69) is 17.2 Å². The highest BCUT2D eigenvalue weighted by Crippen LogP contribution is 2.13. The summed E-state index contributed by atoms with van der Waals surface area (Å²) >= 11 is 0. The number of sulfone groups is 1. The molecule has 2 rings (SSSR count). The lowest BCUT2D eigenvalue weighted by molar-refractivity contribution is 0.0941. The smallest absolute Gasteiger partial charge is 0.252 e. The zero-order valence-corrected chi connectivity index (χ0v) is 11.7. The standard InChI is InChI=1S/C14H16N2O3S/c15-8-3-5-11-4-1-2-6-13(11)14(17)16-12-7-9-20(18,19)10-12/h1-2,4,6,12H,7-10,15H2,(H,16,17). The predicted octanol–water partition coefficient (Wildman–Crippen LogP) is -0.0863. The molecule has 3 N–H and O–H groups in total. The number of amides is 1. The number of hydrogen-bond acceptors (Lipinski definition) is 4. The van der Waals surface area contributed by atoms with Crippen molar-refractivity contribution in [3.05, 3.63) is 35.4 Å². The highest BCUT2D eigenvalue weighted by atomic mass is 32.2. The molecule has 1 aliphatic rings. The maximum atomic E-state index is 12.2. The van der Waals surface area contributed by atoms with E-state index >= 15 is 0 Å². The summed E-state index contributed by atoms with van der Waals surface area (Å²) < 4.78 is 22.8. The van der Waals surface area contributed by atoms with Crippen LogP contribution in [0.4, 0.5) is 0 Å². The monoisotopic (exact) mass is 292 g/mol. The van der Waals surface area contributed by atoms with Crippen molar-refractivity contribution in [1.29, 1.82) is 0 Å². The second-order valence-corrected chi connectivity index (χ2v) is 6.85. The van der Waals surface area contributed by atoms with Crippen molar-refractivity contribution >= 4 is 15.7 Å². The molecule has 106 valence electrons. The third-order valence-electron chi connectivity index (χ3n) is 3.06. The van der Waals surface area contributed by atoms with E-state index in [-0.39, 0.29) is 30.0 Å². The summed E-state index contributed by atoms with van der Waals surface area (Å²) in [5, 5.41) is 2.75. The van der Waals surface area contributed by atoms with Crippen LogP contribution >= 0.6 is 0 Å². The van der Waals surface area contributed by atoms with Crippen LogP contribution in [0.3, 0.4) is 0 Å². The number of nitrogens with two attached hydrogens (primary N) is 1. The van der Waals surface area contributed by atoms with Crippen LogP contribution in [0.15, 0.2) is 24.3 Å². The maximum Gasteiger partial charge on any atom is 0.252 e. The topological polar surface area (TPSA) is 89.3 Å². The van der Waals surface area contributed by atoms with Crippen molar-refractivity contribution in [2.24, 2.45) is 5.73 Å². The molecule has 0 radical (unpaired) electrons. The molecular weight excluding hydrogens is 276 g/mol. The maximum absolute atomic E-state index is 12.2. The van der Waals surface area contributed by atoms with Gasteiger partial charge in [-0.2, -0.15) is 0 Å². The second kappa shape index (κ2) is 6.07. The number of rotatable bonds is 2. The van der Waals surface area contributed by atoms with E-state index in [1.807, 2.05) is 0 Å². The zero-order valence-electron chi connectivity index (χ0n) is 10.9. The molecule has 0 saturated carbocycles. The van der Waals surface area contributed by atoms with Crippen molar-refractivity contribution in [3.8, 4) is 11.8 Å². The Labute approximate surface area is 118 Å². The van der Waals surface area contributed by atoms with E-state index in [0.29, 0.717) is 17.5 Å². The number of carbonyl (C=O) groups excluding carboxylic acids is 1. The first-order valence-corrected chi connectivity index (χ1v) is 8.13. The van der Waals surface area contributed by atoms with Gasteiger partial charge in [-0.1, -0.05) is 24.0 Å². The Morgan fingerprint density at radius 3 is 2.80 bits per heavy atom. The average molecular weight is 292 g/mol. The molecule has 6 heteroatoms. The number of carbonyl (C=O) groups is 1. The van der Waals surface area contributed by atoms with Crippen LogP contribution < -0.4 is 11.1 Å². The molecule has 5 nitrogen and oxygen atoms in total. The van der Waals surface area contributed by atoms with E-state index in [0.717, 1.165) is 0 Å². The fourth-order valence-electron chi connectivity index (χ4n) is 2.11. The Morgan fingerprint density at radius 2 is 2.15 bits per heavy atom. The fourth-order valence-corrected chi connectivity index (χ4v) is 3.78. The van der Waals surface area contributed by atoms with Gasteiger partial charge < -0.3 is 11.1 Å². The molecule has 1 fully saturated rings. The highest BCUT2D eigenvalue weighted by molar-refractivity contribution is 7.91. The Bertz CT molecular complexity index is 671. The molecule has 0 spiro atoms. The van der Waals surface area contributed by atoms with Crippen LogP contribution in [0.1, 0.15) is 22.3 Å². The lowest BCUT2D eigenvalue weighted by atomic mass is 10.1. The van der Waals surface area contributed by atoms with Gasteiger partial charge in [0.15, 0.2) is 9.84 Å². The molecule has 1 atom stereocenters. The molecule has 0 aromatic heterocycles. The predicted molar refractivity (Wildman–Crippen MR) is 76.9 cm³/mol. The SMILES string of the molecule is NCC#Cc1ccccc1C(=O)NC1CCS(=O)(=O)C1. The minimum atomic E-state index is -3.01. The summed E-state index contributed by atoms with van der Waals surface area (Å²) in [5.74, 6) is 5.39. The first-order valence-electron chi connectivity index (χ1n) is 6.31. The Morgan fingerprint density at radius 1 is 1.40 bits per heavy atom. The van der Waals surface area contributed by atoms with E-state index in [1.54, 1.807) is 24.3 Å². The summed E-state index contributed by atoms with van der Waals surface area (Å²) in [6, 6.07) is 6.62. The normalized spacial score (nSPS) is 19.9. The molecule has 1 aromatic carbocycles. The molecule has 0 bridgehead atoms. The number of nitrogens with one attached hydrogen (secondary N) is 1. The van der Waals surface area contributed by atoms with E-state index in [4.69, 9.17) is 5.73 Å². The Kier molecular flexibility index (Phi) is 4.42. The molecule has 1 aromatic rings. The minimum absolute atomic E-state index is 0.00931. The quantitative estimate of drug-likeness (QED) is 0.746. The summed E-state index contributed by atoms with van der Waals surface area (Å²) in [7, 11) is -3.01. The van der Waals surface area contributed by atoms with Crippen molar-refractivity contribution < 1.29 is 13.2 Å². The minimum Gasteiger partial charge on any atom is -0.348 e. The van der Waals surface area contributed by atoms with Gasteiger partial charge in [-0.15, -0.1) is 0 Å². The summed E-state index contributed by atoms with van der Waals surface area (Å²) in [4.78, 5) is 12.2. The van der Waals surface area contributed by atoms with Crippen LogP contribution in [0.2, 0.25) is 0 Å². The van der Waals surface area contributed by atoms with Crippen LogP contribution in [0.5, 0.6) is 0 Å². The molecule has 1 unspecified atom stereocenters. The molecule has 1 saturated heterocycles. The number of hydrogen-bond donors (Lipinski definition) is 2. The van der Waals surface area contributed by atoms with Gasteiger partial charge in [0, 0.05) is 11.6 Å². The summed E-state index contributed by atoms with van der Waals surface area (Å²) in [5.41, 5.74) is 6.36. The van der Waals surface area contributed by atoms with Gasteiger partial charge in [-0.3, -0.25) is 4.79 Å². The Hall–Kier alpha value is -1.84. The van der Waals surface area contributed by atoms with Gasteiger partial charge in [0.05, 0.1) is 23.6 Å². The van der Waals surface area contributed by atoms with Gasteiger partial charge in [-0.25, -0.2) is 8.42 Å². The van der Waals surface area contributed by atoms with Gasteiger partial charge >= 0.3 is 0 Å². The fraction of sp³-hybridized carbons (Fsp3) is 0.357. The third kappa shape index (κ3) is 3.59. The molecular formula is C14H16N2O3S. The van der Waals surface area contributed by atoms with E-state index in [1.165, 1.54) is 0 Å². The van der Waals surface area contributed by atoms with Crippen molar-refractivity contribution in [2.75, 3.05) is 18.1 Å². The van der Waals surface area contributed by atoms with Gasteiger partial charge in [-0.05, 0) is 18.6 Å². The van der Waals surface area contributed by atoms with Crippen molar-refractivity contribution in [1.82, 2.24) is 5.32 Å². The van der Waals surface area contributed by atoms with E-state index in [9.17, 15) is 13.2 Å². The second-order valence-electron chi connectivity index (χ2n) is 4.62. The largest absolute Gasteiger partial charge is 0.348 e. The molecule has 1 heterocycles. The van der Waals surface area contributed by atoms with Crippen LogP contribution in [-0.2, 0) is 9.84 Å². The molecule has 1 aliphatic heterocycles. The van der Waals surface area contributed by atoms with Crippen molar-refractivity contribution in [2.45, 2.75) is 12.5 Å². The van der Waals surface area contributed by atoms with E-state index < -0.39 is 9.84 Å². The first-order chi connectivity index (χ1) is 9.52. The van der Waals surface area contributed by atoms with Gasteiger partial charge in [0.2, 0.25) is 0 Å². The summed E-state index contributed by atoms with van der Waals surface area (Å²) in [6.07, 6.45) is 0.463. The zero-order chi connectivity index (χ0) is 14.6. The average Bonchev–Trinajstić information content (AvgIpc) is 2.76. The van der Waals surface area contributed by atoms with Gasteiger partial charge in [0.1, 0.15) is 0 Å². The van der Waals surface area contributed by atoms with Crippen LogP contribution in [-0.4, -0.2) is 38.4 Å². The first kappa shape index (κ1) is 14.6. The lowest BCUT2D eigenvalue weighted by Crippen LogP contribution is -2.35. The molecule has 0 aliphatic carbocycles. The Balaban J connectivity index is 2.14.